The van der Waals surface area contributed by atoms with Crippen molar-refractivity contribution >= 4 is 5.97 Å². The van der Waals surface area contributed by atoms with Gasteiger partial charge in [-0.25, -0.2) is 4.39 Å². The predicted molar refractivity (Wildman–Crippen MR) is 164 cm³/mol. The third kappa shape index (κ3) is 8.46. The highest BCUT2D eigenvalue weighted by molar-refractivity contribution is 5.74. The molecule has 0 bridgehead atoms. The zero-order valence-corrected chi connectivity index (χ0v) is 25.1. The van der Waals surface area contributed by atoms with E-state index in [4.69, 9.17) is 0 Å². The van der Waals surface area contributed by atoms with Crippen molar-refractivity contribution in [2.45, 2.75) is 70.8 Å². The second-order valence-corrected chi connectivity index (χ2v) is 12.5. The lowest BCUT2D eigenvalue weighted by molar-refractivity contribution is -0.147. The number of halogens is 1. The summed E-state index contributed by atoms with van der Waals surface area (Å²) >= 11 is 0. The van der Waals surface area contributed by atoms with Gasteiger partial charge >= 0.3 is 5.97 Å². The number of carbonyl (C=O) groups is 1. The first kappa shape index (κ1) is 30.9. The van der Waals surface area contributed by atoms with Crippen LogP contribution in [0.1, 0.15) is 80.5 Å². The van der Waals surface area contributed by atoms with Crippen LogP contribution in [0.25, 0.3) is 0 Å². The van der Waals surface area contributed by atoms with Crippen LogP contribution in [-0.4, -0.2) is 65.1 Å². The molecule has 2 unspecified atom stereocenters. The summed E-state index contributed by atoms with van der Waals surface area (Å²) in [5.41, 5.74) is 4.80. The maximum atomic E-state index is 13.3. The summed E-state index contributed by atoms with van der Waals surface area (Å²) in [6.07, 6.45) is 9.25. The van der Waals surface area contributed by atoms with E-state index in [1.807, 2.05) is 37.9 Å². The molecule has 0 spiro atoms. The molecule has 3 heterocycles. The van der Waals surface area contributed by atoms with E-state index in [9.17, 15) is 14.3 Å². The molecule has 2 aromatic carbocycles. The monoisotopic (exact) mass is 559 g/mol. The Hall–Kier alpha value is -3.09. The SMILES string of the molecule is CCC(C)(C)C(C(=O)O)N1CCC(c2cccc(F)c2)C1.CN1CCC(c2cncc(Cc3ccccc3)c2)CC1. The number of piperidine rings is 1. The van der Waals surface area contributed by atoms with Crippen molar-refractivity contribution in [3.63, 3.8) is 0 Å². The van der Waals surface area contributed by atoms with Gasteiger partial charge in [-0.3, -0.25) is 14.7 Å². The Balaban J connectivity index is 0.000000189. The van der Waals surface area contributed by atoms with Gasteiger partial charge in [0.25, 0.3) is 0 Å². The smallest absolute Gasteiger partial charge is 0.321 e. The Morgan fingerprint density at radius 1 is 0.951 bits per heavy atom. The number of pyridine rings is 1. The van der Waals surface area contributed by atoms with Gasteiger partial charge in [0.15, 0.2) is 0 Å². The molecule has 5 nitrogen and oxygen atoms in total. The first-order chi connectivity index (χ1) is 19.7. The molecule has 0 aliphatic carbocycles. The van der Waals surface area contributed by atoms with Crippen molar-refractivity contribution in [3.05, 3.63) is 101 Å². The van der Waals surface area contributed by atoms with Gasteiger partial charge in [-0.05, 0) is 110 Å². The zero-order chi connectivity index (χ0) is 29.4. The highest BCUT2D eigenvalue weighted by atomic mass is 19.1. The lowest BCUT2D eigenvalue weighted by atomic mass is 9.81. The Bertz CT molecular complexity index is 1260. The third-order valence-corrected chi connectivity index (χ3v) is 9.05. The second kappa shape index (κ2) is 14.2. The average molecular weight is 560 g/mol. The predicted octanol–water partition coefficient (Wildman–Crippen LogP) is 6.99. The molecule has 5 rings (SSSR count). The minimum absolute atomic E-state index is 0.218. The van der Waals surface area contributed by atoms with Crippen molar-refractivity contribution in [2.75, 3.05) is 33.2 Å². The molecule has 0 amide bonds. The van der Waals surface area contributed by atoms with Gasteiger partial charge in [0.2, 0.25) is 0 Å². The highest BCUT2D eigenvalue weighted by Gasteiger charge is 2.41. The fraction of sp³-hybridized carbons (Fsp3) is 0.486. The van der Waals surface area contributed by atoms with E-state index in [0.717, 1.165) is 31.4 Å². The minimum Gasteiger partial charge on any atom is -0.480 e. The van der Waals surface area contributed by atoms with Gasteiger partial charge in [-0.2, -0.15) is 0 Å². The molecule has 2 atom stereocenters. The van der Waals surface area contributed by atoms with E-state index < -0.39 is 12.0 Å². The minimum atomic E-state index is -0.762. The van der Waals surface area contributed by atoms with Gasteiger partial charge in [0.05, 0.1) is 0 Å². The topological polar surface area (TPSA) is 56.7 Å². The molecule has 2 aliphatic rings. The summed E-state index contributed by atoms with van der Waals surface area (Å²) in [7, 11) is 2.21. The number of nitrogens with zero attached hydrogens (tertiary/aromatic N) is 3. The second-order valence-electron chi connectivity index (χ2n) is 12.5. The number of hydrogen-bond acceptors (Lipinski definition) is 4. The number of aromatic nitrogens is 1. The largest absolute Gasteiger partial charge is 0.480 e. The molecule has 2 saturated heterocycles. The number of rotatable bonds is 8. The van der Waals surface area contributed by atoms with Gasteiger partial charge < -0.3 is 10.0 Å². The van der Waals surface area contributed by atoms with Gasteiger partial charge in [0, 0.05) is 18.9 Å². The van der Waals surface area contributed by atoms with Crippen LogP contribution in [0.4, 0.5) is 4.39 Å². The van der Waals surface area contributed by atoms with Crippen molar-refractivity contribution in [1.29, 1.82) is 0 Å². The van der Waals surface area contributed by atoms with Crippen molar-refractivity contribution in [1.82, 2.24) is 14.8 Å². The van der Waals surface area contributed by atoms with Crippen molar-refractivity contribution < 1.29 is 14.3 Å². The molecule has 2 fully saturated rings. The van der Waals surface area contributed by atoms with E-state index >= 15 is 0 Å². The summed E-state index contributed by atoms with van der Waals surface area (Å²) in [4.78, 5) is 20.6. The lowest BCUT2D eigenvalue weighted by Crippen LogP contribution is -2.49. The number of benzene rings is 2. The summed E-state index contributed by atoms with van der Waals surface area (Å²) in [5, 5.41) is 9.60. The summed E-state index contributed by atoms with van der Waals surface area (Å²) < 4.78 is 13.3. The van der Waals surface area contributed by atoms with Crippen LogP contribution in [0.15, 0.2) is 73.1 Å². The fourth-order valence-corrected chi connectivity index (χ4v) is 6.23. The molecule has 0 radical (unpaired) electrons. The normalized spacial score (nSPS) is 19.4. The summed E-state index contributed by atoms with van der Waals surface area (Å²) in [6.45, 7) is 9.87. The molecular weight excluding hydrogens is 513 g/mol. The standard InChI is InChI=1S/C18H22N2.C17H24FNO2/c1-20-9-7-17(8-10-20)18-12-16(13-19-14-18)11-15-5-3-2-4-6-15;1-4-17(2,3)15(16(20)21)19-9-8-13(11-19)12-6-5-7-14(18)10-12/h2-6,12-14,17H,7-11H2,1H3;5-7,10,13,15H,4,8-9,11H2,1-3H3,(H,20,21). The molecule has 1 N–H and O–H groups in total. The van der Waals surface area contributed by atoms with Gasteiger partial charge in [0.1, 0.15) is 11.9 Å². The number of hydrogen-bond donors (Lipinski definition) is 1. The Morgan fingerprint density at radius 3 is 2.32 bits per heavy atom. The Kier molecular flexibility index (Phi) is 10.7. The number of carboxylic acid groups (broad SMARTS) is 1. The number of likely N-dealkylation sites (tertiary alicyclic amines) is 2. The highest BCUT2D eigenvalue weighted by Crippen LogP contribution is 2.36. The first-order valence-corrected chi connectivity index (χ1v) is 15.0. The first-order valence-electron chi connectivity index (χ1n) is 15.0. The molecule has 220 valence electrons. The fourth-order valence-electron chi connectivity index (χ4n) is 6.23. The lowest BCUT2D eigenvalue weighted by Gasteiger charge is -2.37. The van der Waals surface area contributed by atoms with Gasteiger partial charge in [-0.1, -0.05) is 69.3 Å². The third-order valence-electron chi connectivity index (χ3n) is 9.05. The van der Waals surface area contributed by atoms with E-state index in [1.54, 1.807) is 12.1 Å². The molecule has 6 heteroatoms. The maximum absolute atomic E-state index is 13.3. The van der Waals surface area contributed by atoms with E-state index in [2.05, 4.69) is 59.5 Å². The van der Waals surface area contributed by atoms with Crippen LogP contribution in [0.5, 0.6) is 0 Å². The molecule has 1 aromatic heterocycles. The van der Waals surface area contributed by atoms with Crippen LogP contribution in [0.2, 0.25) is 0 Å². The average Bonchev–Trinajstić information content (AvgIpc) is 3.43. The van der Waals surface area contributed by atoms with Crippen molar-refractivity contribution in [3.8, 4) is 0 Å². The summed E-state index contributed by atoms with van der Waals surface area (Å²) in [6, 6.07) is 19.2. The maximum Gasteiger partial charge on any atom is 0.321 e. The molecule has 3 aromatic rings. The molecule has 2 aliphatic heterocycles. The van der Waals surface area contributed by atoms with E-state index in [0.29, 0.717) is 12.5 Å². The Morgan fingerprint density at radius 2 is 1.66 bits per heavy atom. The van der Waals surface area contributed by atoms with E-state index in [-0.39, 0.29) is 17.2 Å². The van der Waals surface area contributed by atoms with Crippen molar-refractivity contribution in [2.24, 2.45) is 5.41 Å². The van der Waals surface area contributed by atoms with Crippen LogP contribution in [0, 0.1) is 11.2 Å². The van der Waals surface area contributed by atoms with Gasteiger partial charge in [-0.15, -0.1) is 0 Å². The molecular formula is C35H46FN3O2. The Labute approximate surface area is 245 Å². The zero-order valence-electron chi connectivity index (χ0n) is 25.1. The quantitative estimate of drug-likeness (QED) is 0.323. The number of aliphatic carboxylic acids is 1. The van der Waals surface area contributed by atoms with Crippen LogP contribution >= 0.6 is 0 Å². The summed E-state index contributed by atoms with van der Waals surface area (Å²) in [5.74, 6) is -0.0824. The molecule has 0 saturated carbocycles. The molecule has 41 heavy (non-hydrogen) atoms. The number of carboxylic acids is 1. The van der Waals surface area contributed by atoms with Crippen LogP contribution in [0.3, 0.4) is 0 Å². The van der Waals surface area contributed by atoms with E-state index in [1.165, 1.54) is 48.7 Å². The van der Waals surface area contributed by atoms with Crippen LogP contribution in [-0.2, 0) is 11.2 Å². The van der Waals surface area contributed by atoms with Crippen LogP contribution < -0.4 is 0 Å².